The fraction of sp³-hybridized carbons (Fsp3) is 0.367. The number of hydrogen-bond acceptors (Lipinski definition) is 6. The first-order valence-electron chi connectivity index (χ1n) is 14.0. The summed E-state index contributed by atoms with van der Waals surface area (Å²) < 4.78 is 75.7. The van der Waals surface area contributed by atoms with E-state index in [9.17, 15) is 41.6 Å². The van der Waals surface area contributed by atoms with Crippen LogP contribution in [0.2, 0.25) is 0 Å². The van der Waals surface area contributed by atoms with Gasteiger partial charge in [0.25, 0.3) is 11.8 Å². The molecule has 2 aliphatic heterocycles. The molecule has 3 aliphatic rings. The molecule has 10 nitrogen and oxygen atoms in total. The van der Waals surface area contributed by atoms with Gasteiger partial charge in [0, 0.05) is 31.8 Å². The Morgan fingerprint density at radius 2 is 1.98 bits per heavy atom. The molecule has 3 amide bonds. The van der Waals surface area contributed by atoms with E-state index < -0.39 is 65.3 Å². The van der Waals surface area contributed by atoms with Gasteiger partial charge < -0.3 is 19.9 Å². The van der Waals surface area contributed by atoms with Gasteiger partial charge in [0.1, 0.15) is 23.6 Å². The normalized spacial score (nSPS) is 21.5. The van der Waals surface area contributed by atoms with E-state index >= 15 is 0 Å². The molecular weight excluding hydrogens is 603 g/mol. The van der Waals surface area contributed by atoms with Crippen molar-refractivity contribution in [1.82, 2.24) is 19.6 Å². The van der Waals surface area contributed by atoms with Gasteiger partial charge in [-0.05, 0) is 24.5 Å². The van der Waals surface area contributed by atoms with Crippen molar-refractivity contribution in [3.8, 4) is 17.5 Å². The second-order valence-corrected chi connectivity index (χ2v) is 11.4. The Bertz CT molecular complexity index is 1750. The van der Waals surface area contributed by atoms with Crippen molar-refractivity contribution in [2.24, 2.45) is 5.92 Å². The third-order valence-electron chi connectivity index (χ3n) is 8.35. The number of likely N-dealkylation sites (N-methyl/N-ethyl adjacent to an activating group) is 1. The number of anilines is 1. The van der Waals surface area contributed by atoms with Crippen LogP contribution in [0, 0.1) is 28.9 Å². The van der Waals surface area contributed by atoms with Crippen LogP contribution in [0.5, 0.6) is 5.75 Å². The van der Waals surface area contributed by atoms with Gasteiger partial charge in [-0.15, -0.1) is 0 Å². The lowest BCUT2D eigenvalue weighted by Gasteiger charge is -2.35. The van der Waals surface area contributed by atoms with Crippen LogP contribution in [0.15, 0.2) is 48.8 Å². The number of para-hydroxylation sites is 1. The zero-order valence-corrected chi connectivity index (χ0v) is 23.6. The molecule has 45 heavy (non-hydrogen) atoms. The van der Waals surface area contributed by atoms with Gasteiger partial charge in [-0.2, -0.15) is 23.5 Å². The van der Waals surface area contributed by atoms with Crippen molar-refractivity contribution in [2.45, 2.75) is 49.5 Å². The highest BCUT2D eigenvalue weighted by Gasteiger charge is 2.57. The number of rotatable bonds is 6. The molecule has 1 N–H and O–H groups in total. The van der Waals surface area contributed by atoms with E-state index in [-0.39, 0.29) is 41.4 Å². The zero-order chi connectivity index (χ0) is 32.3. The number of alkyl halides is 3. The number of fused-ring (bicyclic) bond motifs is 1. The molecule has 15 heteroatoms. The highest BCUT2D eigenvalue weighted by atomic mass is 19.4. The Balaban J connectivity index is 1.26. The Labute approximate surface area is 252 Å². The minimum atomic E-state index is -4.67. The van der Waals surface area contributed by atoms with Crippen molar-refractivity contribution < 1.29 is 41.1 Å². The maximum atomic E-state index is 14.3. The molecule has 1 saturated carbocycles. The van der Waals surface area contributed by atoms with Crippen LogP contribution in [-0.4, -0.2) is 68.6 Å². The van der Waals surface area contributed by atoms with Gasteiger partial charge in [-0.3, -0.25) is 14.4 Å². The molecule has 3 aromatic rings. The summed E-state index contributed by atoms with van der Waals surface area (Å²) in [5.41, 5.74) is -3.49. The quantitative estimate of drug-likeness (QED) is 0.407. The lowest BCUT2D eigenvalue weighted by atomic mass is 9.97. The molecular formula is C30H25F5N6O4. The summed E-state index contributed by atoms with van der Waals surface area (Å²) in [7, 11) is 1.37. The molecule has 2 fully saturated rings. The Hall–Kier alpha value is -5.00. The number of nitrogens with one attached hydrogen (secondary N) is 1. The van der Waals surface area contributed by atoms with Gasteiger partial charge >= 0.3 is 6.18 Å². The molecule has 0 radical (unpaired) electrons. The molecule has 234 valence electrons. The molecule has 3 atom stereocenters. The second kappa shape index (κ2) is 10.9. The lowest BCUT2D eigenvalue weighted by molar-refractivity contribution is -0.139. The van der Waals surface area contributed by atoms with E-state index in [0.29, 0.717) is 6.07 Å². The van der Waals surface area contributed by atoms with Crippen LogP contribution in [0.25, 0.3) is 5.69 Å². The fourth-order valence-corrected chi connectivity index (χ4v) is 5.80. The third-order valence-corrected chi connectivity index (χ3v) is 8.35. The number of carbonyl (C=O) groups is 3. The van der Waals surface area contributed by atoms with E-state index in [4.69, 9.17) is 4.74 Å². The number of nitrogens with zero attached hydrogens (tertiary/aromatic N) is 5. The standard InChI is InChI=1S/C30H25F5N6O4/c1-39(26(42)17-13-37-41(14-17)22-5-3-2-4-20(22)30(33,34)35)23(8-16-6-7-16)27(43)40-15-29(11-19(40)12-36)28(44)38-25-21(32)9-18(31)10-24(25)45-29/h2-5,9-10,13-14,16,19,23H,6-8,11,15H2,1H3,(H,38,44)/t19-,23-,29+/m0/s1. The van der Waals surface area contributed by atoms with Crippen LogP contribution < -0.4 is 10.1 Å². The van der Waals surface area contributed by atoms with E-state index in [1.54, 1.807) is 0 Å². The van der Waals surface area contributed by atoms with Gasteiger partial charge in [0.15, 0.2) is 11.6 Å². The van der Waals surface area contributed by atoms with Crippen molar-refractivity contribution in [3.63, 3.8) is 0 Å². The SMILES string of the molecule is CN(C(=O)c1cnn(-c2ccccc2C(F)(F)F)c1)[C@@H](CC1CC1)C(=O)N1C[C@@]2(C[C@H]1C#N)Oc1cc(F)cc(F)c1NC2=O. The molecule has 1 aromatic heterocycles. The number of ether oxygens (including phenoxy) is 1. The minimum absolute atomic E-state index is 0.0755. The Kier molecular flexibility index (Phi) is 7.25. The number of nitriles is 1. The highest BCUT2D eigenvalue weighted by Crippen LogP contribution is 2.43. The third kappa shape index (κ3) is 5.45. The summed E-state index contributed by atoms with van der Waals surface area (Å²) in [6.45, 7) is -0.428. The molecule has 1 saturated heterocycles. The summed E-state index contributed by atoms with van der Waals surface area (Å²) in [4.78, 5) is 43.1. The summed E-state index contributed by atoms with van der Waals surface area (Å²) in [5, 5.41) is 16.3. The maximum Gasteiger partial charge on any atom is 0.418 e. The Morgan fingerprint density at radius 3 is 2.67 bits per heavy atom. The molecule has 1 aliphatic carbocycles. The van der Waals surface area contributed by atoms with Gasteiger partial charge in [-0.25, -0.2) is 13.5 Å². The summed E-state index contributed by atoms with van der Waals surface area (Å²) in [6.07, 6.45) is -0.868. The molecule has 0 bridgehead atoms. The minimum Gasteiger partial charge on any atom is -0.473 e. The number of carbonyl (C=O) groups excluding carboxylic acids is 3. The topological polar surface area (TPSA) is 121 Å². The van der Waals surface area contributed by atoms with Crippen molar-refractivity contribution in [2.75, 3.05) is 18.9 Å². The average molecular weight is 629 g/mol. The van der Waals surface area contributed by atoms with Crippen LogP contribution in [-0.2, 0) is 15.8 Å². The van der Waals surface area contributed by atoms with Crippen molar-refractivity contribution >= 4 is 23.4 Å². The summed E-state index contributed by atoms with van der Waals surface area (Å²) in [6, 6.07) is 5.93. The number of amides is 3. The van der Waals surface area contributed by atoms with Gasteiger partial charge in [-0.1, -0.05) is 25.0 Å². The zero-order valence-electron chi connectivity index (χ0n) is 23.6. The number of halogens is 5. The second-order valence-electron chi connectivity index (χ2n) is 11.4. The van der Waals surface area contributed by atoms with E-state index in [2.05, 4.69) is 10.4 Å². The fourth-order valence-electron chi connectivity index (χ4n) is 5.80. The van der Waals surface area contributed by atoms with E-state index in [1.165, 1.54) is 25.2 Å². The van der Waals surface area contributed by atoms with E-state index in [0.717, 1.165) is 51.8 Å². The highest BCUT2D eigenvalue weighted by molar-refractivity contribution is 6.02. The number of likely N-dealkylation sites (tertiary alicyclic amines) is 1. The summed E-state index contributed by atoms with van der Waals surface area (Å²) >= 11 is 0. The van der Waals surface area contributed by atoms with Crippen LogP contribution in [0.1, 0.15) is 41.6 Å². The monoisotopic (exact) mass is 628 g/mol. The summed E-state index contributed by atoms with van der Waals surface area (Å²) in [5.74, 6) is -4.34. The lowest BCUT2D eigenvalue weighted by Crippen LogP contribution is -2.55. The van der Waals surface area contributed by atoms with Crippen LogP contribution >= 0.6 is 0 Å². The smallest absolute Gasteiger partial charge is 0.418 e. The first-order chi connectivity index (χ1) is 21.3. The largest absolute Gasteiger partial charge is 0.473 e. The van der Waals surface area contributed by atoms with Crippen molar-refractivity contribution in [1.29, 1.82) is 5.26 Å². The van der Waals surface area contributed by atoms with Crippen LogP contribution in [0.3, 0.4) is 0 Å². The number of aromatic nitrogens is 2. The predicted octanol–water partition coefficient (Wildman–Crippen LogP) is 4.30. The molecule has 2 aromatic carbocycles. The molecule has 6 rings (SSSR count). The average Bonchev–Trinajstić information content (AvgIpc) is 3.54. The van der Waals surface area contributed by atoms with Gasteiger partial charge in [0.2, 0.25) is 11.5 Å². The first kappa shape index (κ1) is 30.0. The molecule has 3 heterocycles. The first-order valence-corrected chi connectivity index (χ1v) is 14.0. The maximum absolute atomic E-state index is 14.3. The Morgan fingerprint density at radius 1 is 1.24 bits per heavy atom. The number of benzene rings is 2. The number of hydrogen-bond donors (Lipinski definition) is 1. The van der Waals surface area contributed by atoms with E-state index in [1.807, 2.05) is 6.07 Å². The molecule has 1 spiro atoms. The molecule has 0 unspecified atom stereocenters. The van der Waals surface area contributed by atoms with Gasteiger partial charge in [0.05, 0.1) is 35.6 Å². The predicted molar refractivity (Wildman–Crippen MR) is 146 cm³/mol. The van der Waals surface area contributed by atoms with Crippen molar-refractivity contribution in [3.05, 3.63) is 71.6 Å². The van der Waals surface area contributed by atoms with Crippen LogP contribution in [0.4, 0.5) is 27.6 Å².